The highest BCUT2D eigenvalue weighted by Crippen LogP contribution is 2.01. The molecule has 0 unspecified atom stereocenters. The molecule has 0 radical (unpaired) electrons. The van der Waals surface area contributed by atoms with Crippen molar-refractivity contribution < 1.29 is 0 Å². The van der Waals surface area contributed by atoms with E-state index in [0.717, 1.165) is 5.69 Å². The highest BCUT2D eigenvalue weighted by atomic mass is 15.4. The molecule has 5 heteroatoms. The summed E-state index contributed by atoms with van der Waals surface area (Å²) in [6, 6.07) is 0.356. The number of hydrogen-bond donors (Lipinski definition) is 2. The first-order valence-corrected chi connectivity index (χ1v) is 3.58. The maximum atomic E-state index is 5.12. The van der Waals surface area contributed by atoms with E-state index >= 15 is 0 Å². The Bertz CT molecular complexity index is 217. The van der Waals surface area contributed by atoms with Crippen LogP contribution in [-0.2, 0) is 6.54 Å². The van der Waals surface area contributed by atoms with Gasteiger partial charge in [0.15, 0.2) is 0 Å². The van der Waals surface area contributed by atoms with Crippen LogP contribution in [0.2, 0.25) is 0 Å². The fourth-order valence-electron chi connectivity index (χ4n) is 0.751. The molecule has 5 nitrogen and oxygen atoms in total. The Morgan fingerprint density at radius 1 is 1.73 bits per heavy atom. The molecular weight excluding hydrogens is 142 g/mol. The summed E-state index contributed by atoms with van der Waals surface area (Å²) in [5, 5.41) is 7.80. The van der Waals surface area contributed by atoms with Crippen molar-refractivity contribution in [3.63, 3.8) is 0 Å². The van der Waals surface area contributed by atoms with Gasteiger partial charge in [-0.05, 0) is 13.8 Å². The Morgan fingerprint density at radius 2 is 2.45 bits per heavy atom. The summed E-state index contributed by atoms with van der Waals surface area (Å²) >= 11 is 0. The first-order chi connectivity index (χ1) is 5.24. The van der Waals surface area contributed by atoms with Crippen LogP contribution in [-0.4, -0.2) is 15.0 Å². The number of nitrogens with zero attached hydrogens (tertiary/aromatic N) is 3. The molecule has 11 heavy (non-hydrogen) atoms. The zero-order valence-corrected chi connectivity index (χ0v) is 6.78. The van der Waals surface area contributed by atoms with Crippen molar-refractivity contribution in [2.24, 2.45) is 5.84 Å². The topological polar surface area (TPSA) is 68.8 Å². The van der Waals surface area contributed by atoms with Crippen LogP contribution in [0.3, 0.4) is 0 Å². The lowest BCUT2D eigenvalue weighted by atomic mass is 10.4. The van der Waals surface area contributed by atoms with E-state index in [4.69, 9.17) is 5.84 Å². The Balaban J connectivity index is 2.66. The molecule has 3 N–H and O–H groups in total. The fourth-order valence-corrected chi connectivity index (χ4v) is 0.751. The van der Waals surface area contributed by atoms with Crippen LogP contribution in [0.1, 0.15) is 25.6 Å². The fraction of sp³-hybridized carbons (Fsp3) is 0.667. The second-order valence-electron chi connectivity index (χ2n) is 2.66. The standard InChI is InChI=1S/C6H13N5/c1-5(2)11-4-6(3-8-7)9-10-11/h4-5,8H,3,7H2,1-2H3. The summed E-state index contributed by atoms with van der Waals surface area (Å²) in [4.78, 5) is 0. The maximum absolute atomic E-state index is 5.12. The minimum atomic E-state index is 0.356. The zero-order valence-electron chi connectivity index (χ0n) is 6.78. The minimum Gasteiger partial charge on any atom is -0.271 e. The van der Waals surface area contributed by atoms with Gasteiger partial charge in [-0.3, -0.25) is 11.3 Å². The molecule has 0 amide bonds. The molecular formula is C6H13N5. The van der Waals surface area contributed by atoms with Crippen LogP contribution in [0.5, 0.6) is 0 Å². The quantitative estimate of drug-likeness (QED) is 0.469. The largest absolute Gasteiger partial charge is 0.271 e. The van der Waals surface area contributed by atoms with Crippen LogP contribution in [0.4, 0.5) is 0 Å². The van der Waals surface area contributed by atoms with Crippen LogP contribution < -0.4 is 11.3 Å². The van der Waals surface area contributed by atoms with Gasteiger partial charge in [0, 0.05) is 6.04 Å². The molecule has 0 atom stereocenters. The van der Waals surface area contributed by atoms with Gasteiger partial charge < -0.3 is 0 Å². The number of rotatable bonds is 3. The Hall–Kier alpha value is -0.940. The normalized spacial score (nSPS) is 10.9. The molecule has 0 aliphatic rings. The third-order valence-electron chi connectivity index (χ3n) is 1.37. The van der Waals surface area contributed by atoms with Gasteiger partial charge >= 0.3 is 0 Å². The predicted octanol–water partition coefficient (Wildman–Crippen LogP) is -0.178. The van der Waals surface area contributed by atoms with Crippen molar-refractivity contribution in [1.29, 1.82) is 0 Å². The summed E-state index contributed by atoms with van der Waals surface area (Å²) in [6.07, 6.45) is 1.88. The van der Waals surface area contributed by atoms with Crippen molar-refractivity contribution in [3.8, 4) is 0 Å². The van der Waals surface area contributed by atoms with Crippen LogP contribution in [0.25, 0.3) is 0 Å². The highest BCUT2D eigenvalue weighted by molar-refractivity contribution is 4.91. The molecule has 0 bridgehead atoms. The van der Waals surface area contributed by atoms with Gasteiger partial charge in [0.2, 0.25) is 0 Å². The molecule has 1 rings (SSSR count). The number of nitrogens with one attached hydrogen (secondary N) is 1. The molecule has 0 fully saturated rings. The van der Waals surface area contributed by atoms with Crippen LogP contribution in [0.15, 0.2) is 6.20 Å². The third-order valence-corrected chi connectivity index (χ3v) is 1.37. The van der Waals surface area contributed by atoms with E-state index in [-0.39, 0.29) is 0 Å². The van der Waals surface area contributed by atoms with Gasteiger partial charge in [-0.15, -0.1) is 5.10 Å². The van der Waals surface area contributed by atoms with E-state index in [9.17, 15) is 0 Å². The molecule has 0 saturated carbocycles. The molecule has 1 heterocycles. The molecule has 1 aromatic rings. The second-order valence-corrected chi connectivity index (χ2v) is 2.66. The molecule has 1 aromatic heterocycles. The number of hydrogen-bond acceptors (Lipinski definition) is 4. The number of aromatic nitrogens is 3. The highest BCUT2D eigenvalue weighted by Gasteiger charge is 2.01. The van der Waals surface area contributed by atoms with E-state index in [2.05, 4.69) is 15.7 Å². The van der Waals surface area contributed by atoms with E-state index in [1.165, 1.54) is 0 Å². The molecule has 62 valence electrons. The monoisotopic (exact) mass is 155 g/mol. The van der Waals surface area contributed by atoms with Gasteiger partial charge in [-0.1, -0.05) is 5.21 Å². The summed E-state index contributed by atoms with van der Waals surface area (Å²) in [5.74, 6) is 5.12. The molecule has 0 aliphatic heterocycles. The first kappa shape index (κ1) is 8.16. The Morgan fingerprint density at radius 3 is 2.91 bits per heavy atom. The van der Waals surface area contributed by atoms with E-state index in [0.29, 0.717) is 12.6 Å². The van der Waals surface area contributed by atoms with Gasteiger partial charge in [0.1, 0.15) is 0 Å². The Kier molecular flexibility index (Phi) is 2.56. The first-order valence-electron chi connectivity index (χ1n) is 3.58. The minimum absolute atomic E-state index is 0.356. The van der Waals surface area contributed by atoms with Crippen molar-refractivity contribution in [2.75, 3.05) is 0 Å². The van der Waals surface area contributed by atoms with Crippen molar-refractivity contribution in [2.45, 2.75) is 26.4 Å². The van der Waals surface area contributed by atoms with Gasteiger partial charge in [-0.2, -0.15) is 0 Å². The van der Waals surface area contributed by atoms with E-state index in [1.54, 1.807) is 4.68 Å². The van der Waals surface area contributed by atoms with Gasteiger partial charge in [0.25, 0.3) is 0 Å². The van der Waals surface area contributed by atoms with Gasteiger partial charge in [-0.25, -0.2) is 4.68 Å². The summed E-state index contributed by atoms with van der Waals surface area (Å²) in [5.41, 5.74) is 3.38. The summed E-state index contributed by atoms with van der Waals surface area (Å²) in [6.45, 7) is 4.66. The molecule has 0 spiro atoms. The summed E-state index contributed by atoms with van der Waals surface area (Å²) in [7, 11) is 0. The number of hydrazine groups is 1. The van der Waals surface area contributed by atoms with Crippen LogP contribution >= 0.6 is 0 Å². The smallest absolute Gasteiger partial charge is 0.0978 e. The van der Waals surface area contributed by atoms with Gasteiger partial charge in [0.05, 0.1) is 18.4 Å². The number of nitrogens with two attached hydrogens (primary N) is 1. The zero-order chi connectivity index (χ0) is 8.27. The lowest BCUT2D eigenvalue weighted by Gasteiger charge is -2.00. The van der Waals surface area contributed by atoms with Crippen molar-refractivity contribution in [1.82, 2.24) is 20.4 Å². The Labute approximate surface area is 65.5 Å². The SMILES string of the molecule is CC(C)n1cc(CNN)nn1. The average molecular weight is 155 g/mol. The average Bonchev–Trinajstić information content (AvgIpc) is 2.37. The van der Waals surface area contributed by atoms with Crippen molar-refractivity contribution in [3.05, 3.63) is 11.9 Å². The summed E-state index contributed by atoms with van der Waals surface area (Å²) < 4.78 is 1.80. The maximum Gasteiger partial charge on any atom is 0.0978 e. The predicted molar refractivity (Wildman–Crippen MR) is 41.4 cm³/mol. The second kappa shape index (κ2) is 3.45. The van der Waals surface area contributed by atoms with E-state index < -0.39 is 0 Å². The molecule has 0 saturated heterocycles. The van der Waals surface area contributed by atoms with E-state index in [1.807, 2.05) is 20.0 Å². The lowest BCUT2D eigenvalue weighted by Crippen LogP contribution is -2.20. The molecule has 0 aliphatic carbocycles. The lowest BCUT2D eigenvalue weighted by molar-refractivity contribution is 0.514. The third kappa shape index (κ3) is 1.99. The molecule has 0 aromatic carbocycles. The van der Waals surface area contributed by atoms with Crippen molar-refractivity contribution >= 4 is 0 Å². The van der Waals surface area contributed by atoms with Crippen LogP contribution in [0, 0.1) is 0 Å².